The van der Waals surface area contributed by atoms with E-state index in [0.29, 0.717) is 5.56 Å². The molecule has 4 heteroatoms. The summed E-state index contributed by atoms with van der Waals surface area (Å²) in [6.45, 7) is 1.81. The molecular weight excluding hydrogens is 294 g/mol. The second-order valence-electron chi connectivity index (χ2n) is 4.04. The lowest BCUT2D eigenvalue weighted by atomic mass is 10.1. The number of carbonyl (C=O) groups excluding carboxylic acids is 1. The second-order valence-corrected chi connectivity index (χ2v) is 4.83. The average Bonchev–Trinajstić information content (AvgIpc) is 2.79. The first-order valence-corrected chi connectivity index (χ1v) is 6.82. The zero-order valence-corrected chi connectivity index (χ0v) is 11.7. The smallest absolute Gasteiger partial charge is 0.258 e. The van der Waals surface area contributed by atoms with E-state index in [4.69, 9.17) is 4.42 Å². The molecule has 0 spiro atoms. The number of aryl methyl sites for hydroxylation is 2. The minimum atomic E-state index is -0.153. The van der Waals surface area contributed by atoms with Crippen molar-refractivity contribution in [1.29, 1.82) is 0 Å². The SMILES string of the molecule is Cc1cc(C(=O)Nc2ccc(CCBr)cc2)co1. The van der Waals surface area contributed by atoms with Gasteiger partial charge in [0.1, 0.15) is 12.0 Å². The molecule has 0 saturated heterocycles. The van der Waals surface area contributed by atoms with Gasteiger partial charge in [-0.15, -0.1) is 0 Å². The molecule has 1 aromatic carbocycles. The molecule has 0 fully saturated rings. The van der Waals surface area contributed by atoms with Gasteiger partial charge < -0.3 is 9.73 Å². The fraction of sp³-hybridized carbons (Fsp3) is 0.214. The number of amides is 1. The number of rotatable bonds is 4. The van der Waals surface area contributed by atoms with Crippen LogP contribution in [0.5, 0.6) is 0 Å². The Labute approximate surface area is 114 Å². The van der Waals surface area contributed by atoms with Crippen LogP contribution in [0, 0.1) is 6.92 Å². The summed E-state index contributed by atoms with van der Waals surface area (Å²) in [5.41, 5.74) is 2.57. The van der Waals surface area contributed by atoms with Gasteiger partial charge >= 0.3 is 0 Å². The summed E-state index contributed by atoms with van der Waals surface area (Å²) in [6.07, 6.45) is 2.44. The standard InChI is InChI=1S/C14H14BrNO2/c1-10-8-12(9-18-10)14(17)16-13-4-2-11(3-5-13)6-7-15/h2-5,8-9H,6-7H2,1H3,(H,16,17). The Bertz CT molecular complexity index is 531. The maximum absolute atomic E-state index is 11.9. The third-order valence-electron chi connectivity index (χ3n) is 2.59. The molecule has 1 N–H and O–H groups in total. The highest BCUT2D eigenvalue weighted by Crippen LogP contribution is 2.13. The largest absolute Gasteiger partial charge is 0.469 e. The molecule has 0 atom stereocenters. The summed E-state index contributed by atoms with van der Waals surface area (Å²) < 4.78 is 5.11. The molecule has 0 aliphatic rings. The Kier molecular flexibility index (Phi) is 4.20. The first kappa shape index (κ1) is 12.9. The predicted octanol–water partition coefficient (Wildman–Crippen LogP) is 3.78. The number of anilines is 1. The van der Waals surface area contributed by atoms with Crippen LogP contribution in [0.4, 0.5) is 5.69 Å². The Morgan fingerprint density at radius 1 is 1.33 bits per heavy atom. The summed E-state index contributed by atoms with van der Waals surface area (Å²) in [7, 11) is 0. The van der Waals surface area contributed by atoms with Crippen LogP contribution in [0.25, 0.3) is 0 Å². The fourth-order valence-electron chi connectivity index (χ4n) is 1.63. The van der Waals surface area contributed by atoms with Gasteiger partial charge in [0.15, 0.2) is 0 Å². The van der Waals surface area contributed by atoms with Gasteiger partial charge in [0.25, 0.3) is 5.91 Å². The van der Waals surface area contributed by atoms with Gasteiger partial charge in [-0.1, -0.05) is 28.1 Å². The van der Waals surface area contributed by atoms with Crippen LogP contribution in [0.2, 0.25) is 0 Å². The topological polar surface area (TPSA) is 42.2 Å². The van der Waals surface area contributed by atoms with Crippen molar-refractivity contribution >= 4 is 27.5 Å². The molecule has 1 heterocycles. The minimum Gasteiger partial charge on any atom is -0.469 e. The van der Waals surface area contributed by atoms with Crippen molar-refractivity contribution in [3.63, 3.8) is 0 Å². The van der Waals surface area contributed by atoms with Crippen molar-refractivity contribution in [3.05, 3.63) is 53.5 Å². The Balaban J connectivity index is 2.03. The molecule has 0 saturated carbocycles. The van der Waals surface area contributed by atoms with Crippen LogP contribution >= 0.6 is 15.9 Å². The van der Waals surface area contributed by atoms with Gasteiger partial charge in [-0.3, -0.25) is 4.79 Å². The van der Waals surface area contributed by atoms with Gasteiger partial charge in [0.05, 0.1) is 5.56 Å². The molecule has 2 rings (SSSR count). The first-order chi connectivity index (χ1) is 8.69. The lowest BCUT2D eigenvalue weighted by Gasteiger charge is -2.04. The van der Waals surface area contributed by atoms with E-state index in [-0.39, 0.29) is 5.91 Å². The van der Waals surface area contributed by atoms with Gasteiger partial charge in [0.2, 0.25) is 0 Å². The maximum atomic E-state index is 11.9. The molecule has 1 aromatic heterocycles. The lowest BCUT2D eigenvalue weighted by Crippen LogP contribution is -2.10. The number of halogens is 1. The minimum absolute atomic E-state index is 0.153. The van der Waals surface area contributed by atoms with Crippen molar-refractivity contribution in [1.82, 2.24) is 0 Å². The molecule has 3 nitrogen and oxygen atoms in total. The van der Waals surface area contributed by atoms with E-state index < -0.39 is 0 Å². The monoisotopic (exact) mass is 307 g/mol. The molecule has 2 aromatic rings. The number of furan rings is 1. The Morgan fingerprint density at radius 3 is 2.61 bits per heavy atom. The van der Waals surface area contributed by atoms with E-state index in [1.54, 1.807) is 6.07 Å². The fourth-order valence-corrected chi connectivity index (χ4v) is 2.09. The van der Waals surface area contributed by atoms with Crippen LogP contribution in [-0.4, -0.2) is 11.2 Å². The first-order valence-electron chi connectivity index (χ1n) is 5.70. The summed E-state index contributed by atoms with van der Waals surface area (Å²) >= 11 is 3.40. The number of hydrogen-bond acceptors (Lipinski definition) is 2. The van der Waals surface area contributed by atoms with Crippen LogP contribution in [0.3, 0.4) is 0 Å². The number of hydrogen-bond donors (Lipinski definition) is 1. The van der Waals surface area contributed by atoms with E-state index >= 15 is 0 Å². The Hall–Kier alpha value is -1.55. The van der Waals surface area contributed by atoms with Crippen molar-refractivity contribution in [2.45, 2.75) is 13.3 Å². The molecule has 94 valence electrons. The molecular formula is C14H14BrNO2. The van der Waals surface area contributed by atoms with Crippen LogP contribution < -0.4 is 5.32 Å². The van der Waals surface area contributed by atoms with Crippen molar-refractivity contribution in [3.8, 4) is 0 Å². The zero-order chi connectivity index (χ0) is 13.0. The second kappa shape index (κ2) is 5.87. The molecule has 0 unspecified atom stereocenters. The van der Waals surface area contributed by atoms with E-state index in [2.05, 4.69) is 21.2 Å². The van der Waals surface area contributed by atoms with Crippen molar-refractivity contribution in [2.24, 2.45) is 0 Å². The maximum Gasteiger partial charge on any atom is 0.258 e. The van der Waals surface area contributed by atoms with Gasteiger partial charge in [-0.2, -0.15) is 0 Å². The predicted molar refractivity (Wildman–Crippen MR) is 75.3 cm³/mol. The number of alkyl halides is 1. The van der Waals surface area contributed by atoms with Gasteiger partial charge in [-0.25, -0.2) is 0 Å². The van der Waals surface area contributed by atoms with Crippen LogP contribution in [-0.2, 0) is 6.42 Å². The van der Waals surface area contributed by atoms with Crippen molar-refractivity contribution < 1.29 is 9.21 Å². The number of benzene rings is 1. The Morgan fingerprint density at radius 2 is 2.06 bits per heavy atom. The zero-order valence-electron chi connectivity index (χ0n) is 10.1. The van der Waals surface area contributed by atoms with E-state index in [1.807, 2.05) is 31.2 Å². The molecule has 0 aliphatic heterocycles. The number of carbonyl (C=O) groups is 1. The summed E-state index contributed by atoms with van der Waals surface area (Å²) in [5.74, 6) is 0.577. The van der Waals surface area contributed by atoms with E-state index in [1.165, 1.54) is 11.8 Å². The quantitative estimate of drug-likeness (QED) is 0.874. The normalized spacial score (nSPS) is 10.3. The van der Waals surface area contributed by atoms with E-state index in [9.17, 15) is 4.79 Å². The highest BCUT2D eigenvalue weighted by molar-refractivity contribution is 9.09. The third kappa shape index (κ3) is 3.23. The van der Waals surface area contributed by atoms with Crippen molar-refractivity contribution in [2.75, 3.05) is 10.6 Å². The molecule has 0 bridgehead atoms. The number of nitrogens with one attached hydrogen (secondary N) is 1. The van der Waals surface area contributed by atoms with Crippen LogP contribution in [0.1, 0.15) is 21.7 Å². The molecule has 0 aliphatic carbocycles. The van der Waals surface area contributed by atoms with Gasteiger partial charge in [0, 0.05) is 11.0 Å². The van der Waals surface area contributed by atoms with Crippen LogP contribution in [0.15, 0.2) is 41.0 Å². The van der Waals surface area contributed by atoms with E-state index in [0.717, 1.165) is 23.2 Å². The summed E-state index contributed by atoms with van der Waals surface area (Å²) in [4.78, 5) is 11.9. The molecule has 1 amide bonds. The molecule has 0 radical (unpaired) electrons. The highest BCUT2D eigenvalue weighted by atomic mass is 79.9. The van der Waals surface area contributed by atoms with Gasteiger partial charge in [-0.05, 0) is 37.1 Å². The average molecular weight is 308 g/mol. The lowest BCUT2D eigenvalue weighted by molar-refractivity contribution is 0.102. The third-order valence-corrected chi connectivity index (χ3v) is 2.98. The summed E-state index contributed by atoms with van der Waals surface area (Å²) in [5, 5.41) is 3.77. The highest BCUT2D eigenvalue weighted by Gasteiger charge is 2.08. The molecule has 18 heavy (non-hydrogen) atoms. The summed E-state index contributed by atoms with van der Waals surface area (Å²) in [6, 6.07) is 9.55.